The van der Waals surface area contributed by atoms with Crippen LogP contribution in [0.5, 0.6) is 0 Å². The van der Waals surface area contributed by atoms with E-state index in [1.54, 1.807) is 0 Å². The van der Waals surface area contributed by atoms with Gasteiger partial charge in [-0.2, -0.15) is 0 Å². The van der Waals surface area contributed by atoms with Crippen LogP contribution in [0, 0.1) is 0 Å². The van der Waals surface area contributed by atoms with Crippen molar-refractivity contribution in [3.05, 3.63) is 33.8 Å². The van der Waals surface area contributed by atoms with Crippen LogP contribution in [-0.4, -0.2) is 17.5 Å². The number of Topliss-reactive ketones (excluding diaryl/α,β-unsaturated/α-hetero) is 1. The first-order chi connectivity index (χ1) is 6.22. The Balaban J connectivity index is 2.52. The molecule has 2 nitrogen and oxygen atoms in total. The van der Waals surface area contributed by atoms with Crippen LogP contribution < -0.4 is 0 Å². The molecule has 0 saturated heterocycles. The summed E-state index contributed by atoms with van der Waals surface area (Å²) in [5.74, 6) is 0.144. The fraction of sp³-hybridized carbons (Fsp3) is 0.300. The van der Waals surface area contributed by atoms with Gasteiger partial charge in [0, 0.05) is 22.4 Å². The van der Waals surface area contributed by atoms with Gasteiger partial charge in [-0.3, -0.25) is 4.79 Å². The van der Waals surface area contributed by atoms with Crippen molar-refractivity contribution in [2.24, 2.45) is 0 Å². The summed E-state index contributed by atoms with van der Waals surface area (Å²) in [6.45, 7) is 0.0559. The van der Waals surface area contributed by atoms with E-state index in [1.807, 2.05) is 18.2 Å². The number of fused-ring (bicyclic) bond motifs is 1. The molecule has 3 heteroatoms. The molecular formula is C10H9BrO2. The summed E-state index contributed by atoms with van der Waals surface area (Å²) < 4.78 is 0.915. The summed E-state index contributed by atoms with van der Waals surface area (Å²) >= 11 is 3.32. The van der Waals surface area contributed by atoms with Crippen molar-refractivity contribution in [2.75, 3.05) is 6.61 Å². The molecular weight excluding hydrogens is 232 g/mol. The summed E-state index contributed by atoms with van der Waals surface area (Å²) in [6.07, 6.45) is 0.447. The number of rotatable bonds is 1. The van der Waals surface area contributed by atoms with Gasteiger partial charge in [0.2, 0.25) is 0 Å². The first-order valence-electron chi connectivity index (χ1n) is 4.16. The zero-order valence-electron chi connectivity index (χ0n) is 6.96. The Morgan fingerprint density at radius 3 is 3.00 bits per heavy atom. The number of halogens is 1. The van der Waals surface area contributed by atoms with Crippen LogP contribution >= 0.6 is 15.9 Å². The van der Waals surface area contributed by atoms with Gasteiger partial charge in [0.1, 0.15) is 0 Å². The van der Waals surface area contributed by atoms with E-state index in [2.05, 4.69) is 15.9 Å². The SMILES string of the molecule is O=C1C[C@H](CO)c2ccc(Br)cc21. The molecule has 0 bridgehead atoms. The molecule has 0 radical (unpaired) electrons. The third kappa shape index (κ3) is 1.42. The second-order valence-corrected chi connectivity index (χ2v) is 4.15. The van der Waals surface area contributed by atoms with Crippen molar-refractivity contribution >= 4 is 21.7 Å². The third-order valence-electron chi connectivity index (χ3n) is 2.41. The molecule has 0 heterocycles. The molecule has 0 aliphatic heterocycles. The molecule has 1 aliphatic carbocycles. The molecule has 1 atom stereocenters. The minimum Gasteiger partial charge on any atom is -0.396 e. The predicted octanol–water partition coefficient (Wildman–Crippen LogP) is 2.11. The molecule has 2 rings (SSSR count). The highest BCUT2D eigenvalue weighted by atomic mass is 79.9. The molecule has 0 saturated carbocycles. The van der Waals surface area contributed by atoms with Gasteiger partial charge in [-0.15, -0.1) is 0 Å². The van der Waals surface area contributed by atoms with Gasteiger partial charge >= 0.3 is 0 Å². The number of ketones is 1. The quantitative estimate of drug-likeness (QED) is 0.817. The second kappa shape index (κ2) is 3.24. The lowest BCUT2D eigenvalue weighted by molar-refractivity contribution is 0.0980. The van der Waals surface area contributed by atoms with Gasteiger partial charge in [0.25, 0.3) is 0 Å². The number of benzene rings is 1. The first-order valence-corrected chi connectivity index (χ1v) is 4.95. The van der Waals surface area contributed by atoms with Gasteiger partial charge in [-0.05, 0) is 17.7 Å². The molecule has 0 unspecified atom stereocenters. The summed E-state index contributed by atoms with van der Waals surface area (Å²) in [4.78, 5) is 11.5. The first kappa shape index (κ1) is 8.91. The fourth-order valence-electron chi connectivity index (χ4n) is 1.73. The monoisotopic (exact) mass is 240 g/mol. The lowest BCUT2D eigenvalue weighted by Gasteiger charge is -2.05. The van der Waals surface area contributed by atoms with Gasteiger partial charge < -0.3 is 5.11 Å². The number of aliphatic hydroxyl groups is 1. The Morgan fingerprint density at radius 1 is 1.54 bits per heavy atom. The minimum atomic E-state index is 0.00981. The van der Waals surface area contributed by atoms with Crippen molar-refractivity contribution in [2.45, 2.75) is 12.3 Å². The van der Waals surface area contributed by atoms with Gasteiger partial charge in [-0.25, -0.2) is 0 Å². The maximum atomic E-state index is 11.5. The minimum absolute atomic E-state index is 0.00981. The smallest absolute Gasteiger partial charge is 0.163 e. The number of carbonyl (C=O) groups excluding carboxylic acids is 1. The lowest BCUT2D eigenvalue weighted by atomic mass is 10.0. The van der Waals surface area contributed by atoms with E-state index >= 15 is 0 Å². The van der Waals surface area contributed by atoms with Crippen LogP contribution in [0.4, 0.5) is 0 Å². The Bertz CT molecular complexity index is 360. The summed E-state index contributed by atoms with van der Waals surface area (Å²) in [5, 5.41) is 9.04. The molecule has 1 aliphatic rings. The van der Waals surface area contributed by atoms with E-state index in [4.69, 9.17) is 5.11 Å². The molecule has 1 N–H and O–H groups in total. The van der Waals surface area contributed by atoms with E-state index in [-0.39, 0.29) is 18.3 Å². The van der Waals surface area contributed by atoms with Crippen LogP contribution in [0.2, 0.25) is 0 Å². The normalized spacial score (nSPS) is 20.5. The highest BCUT2D eigenvalue weighted by Gasteiger charge is 2.28. The second-order valence-electron chi connectivity index (χ2n) is 3.24. The van der Waals surface area contributed by atoms with Crippen LogP contribution in [0.3, 0.4) is 0 Å². The van der Waals surface area contributed by atoms with Crippen molar-refractivity contribution in [3.63, 3.8) is 0 Å². The Morgan fingerprint density at radius 2 is 2.31 bits per heavy atom. The topological polar surface area (TPSA) is 37.3 Å². The molecule has 68 valence electrons. The van der Waals surface area contributed by atoms with Crippen LogP contribution in [0.15, 0.2) is 22.7 Å². The molecule has 0 fully saturated rings. The van der Waals surface area contributed by atoms with Crippen LogP contribution in [-0.2, 0) is 0 Å². The summed E-state index contributed by atoms with van der Waals surface area (Å²) in [5.41, 5.74) is 1.74. The third-order valence-corrected chi connectivity index (χ3v) is 2.90. The van der Waals surface area contributed by atoms with Gasteiger partial charge in [0.05, 0.1) is 6.61 Å². The fourth-order valence-corrected chi connectivity index (χ4v) is 2.09. The standard InChI is InChI=1S/C10H9BrO2/c11-7-1-2-8-6(5-12)3-10(13)9(8)4-7/h1-2,4,6,12H,3,5H2/t6-/m1/s1. The highest BCUT2D eigenvalue weighted by Crippen LogP contribution is 2.33. The van der Waals surface area contributed by atoms with E-state index < -0.39 is 0 Å². The van der Waals surface area contributed by atoms with E-state index in [9.17, 15) is 4.79 Å². The maximum Gasteiger partial charge on any atom is 0.163 e. The van der Waals surface area contributed by atoms with E-state index in [0.29, 0.717) is 6.42 Å². The van der Waals surface area contributed by atoms with Crippen molar-refractivity contribution in [1.82, 2.24) is 0 Å². The molecule has 1 aromatic carbocycles. The number of hydrogen-bond donors (Lipinski definition) is 1. The number of carbonyl (C=O) groups is 1. The van der Waals surface area contributed by atoms with Gasteiger partial charge in [0.15, 0.2) is 5.78 Å². The molecule has 13 heavy (non-hydrogen) atoms. The molecule has 1 aromatic rings. The zero-order valence-corrected chi connectivity index (χ0v) is 8.54. The molecule has 0 amide bonds. The van der Waals surface area contributed by atoms with Crippen molar-refractivity contribution in [3.8, 4) is 0 Å². The predicted molar refractivity (Wildman–Crippen MR) is 52.9 cm³/mol. The molecule has 0 aromatic heterocycles. The summed E-state index contributed by atoms with van der Waals surface area (Å²) in [6, 6.07) is 5.64. The largest absolute Gasteiger partial charge is 0.396 e. The highest BCUT2D eigenvalue weighted by molar-refractivity contribution is 9.10. The van der Waals surface area contributed by atoms with Gasteiger partial charge in [-0.1, -0.05) is 22.0 Å². The average molecular weight is 241 g/mol. The Hall–Kier alpha value is -0.670. The van der Waals surface area contributed by atoms with E-state index in [1.165, 1.54) is 0 Å². The lowest BCUT2D eigenvalue weighted by Crippen LogP contribution is -1.98. The van der Waals surface area contributed by atoms with E-state index in [0.717, 1.165) is 15.6 Å². The molecule has 0 spiro atoms. The zero-order chi connectivity index (χ0) is 9.42. The van der Waals surface area contributed by atoms with Crippen molar-refractivity contribution in [1.29, 1.82) is 0 Å². The average Bonchev–Trinajstić information content (AvgIpc) is 2.43. The Labute approximate surface area is 84.7 Å². The Kier molecular flexibility index (Phi) is 2.22. The number of hydrogen-bond acceptors (Lipinski definition) is 2. The summed E-state index contributed by atoms with van der Waals surface area (Å²) in [7, 11) is 0. The van der Waals surface area contributed by atoms with Crippen LogP contribution in [0.25, 0.3) is 0 Å². The number of aliphatic hydroxyl groups excluding tert-OH is 1. The van der Waals surface area contributed by atoms with Crippen LogP contribution in [0.1, 0.15) is 28.3 Å². The van der Waals surface area contributed by atoms with Crippen molar-refractivity contribution < 1.29 is 9.90 Å². The maximum absolute atomic E-state index is 11.5.